The number of methoxy groups -OCH3 is 1. The van der Waals surface area contributed by atoms with Gasteiger partial charge in [0.15, 0.2) is 0 Å². The predicted octanol–water partition coefficient (Wildman–Crippen LogP) is 4.19. The van der Waals surface area contributed by atoms with Crippen molar-refractivity contribution < 1.29 is 9.84 Å². The molecular weight excluding hydrogens is 304 g/mol. The fourth-order valence-electron chi connectivity index (χ4n) is 3.04. The Morgan fingerprint density at radius 1 is 1.37 bits per heavy atom. The van der Waals surface area contributed by atoms with Crippen LogP contribution in [0.3, 0.4) is 0 Å². The zero-order valence-corrected chi connectivity index (χ0v) is 13.5. The summed E-state index contributed by atoms with van der Waals surface area (Å²) in [6.07, 6.45) is 3.65. The maximum absolute atomic E-state index is 10.8. The lowest BCUT2D eigenvalue weighted by molar-refractivity contribution is -0.0279. The lowest BCUT2D eigenvalue weighted by Gasteiger charge is -2.39. The summed E-state index contributed by atoms with van der Waals surface area (Å²) in [7, 11) is 1.66. The molecule has 1 aliphatic rings. The summed E-state index contributed by atoms with van der Waals surface area (Å²) < 4.78 is 6.19. The SMILES string of the molecule is COc1ccc(CC2(O)CCC(C)C(C)C2)cc1Br. The van der Waals surface area contributed by atoms with Crippen LogP contribution in [-0.4, -0.2) is 17.8 Å². The van der Waals surface area contributed by atoms with Gasteiger partial charge in [0.1, 0.15) is 5.75 Å². The maximum Gasteiger partial charge on any atom is 0.133 e. The van der Waals surface area contributed by atoms with E-state index in [2.05, 4.69) is 35.8 Å². The molecule has 3 unspecified atom stereocenters. The van der Waals surface area contributed by atoms with Crippen molar-refractivity contribution in [2.45, 2.75) is 45.1 Å². The van der Waals surface area contributed by atoms with Crippen LogP contribution in [0.4, 0.5) is 0 Å². The quantitative estimate of drug-likeness (QED) is 0.902. The molecule has 0 spiro atoms. The van der Waals surface area contributed by atoms with Crippen molar-refractivity contribution >= 4 is 15.9 Å². The second kappa shape index (κ2) is 5.84. The molecule has 1 aromatic rings. The first-order valence-corrected chi connectivity index (χ1v) is 7.77. The molecule has 0 aliphatic heterocycles. The molecule has 0 aromatic heterocycles. The summed E-state index contributed by atoms with van der Waals surface area (Å²) in [5.41, 5.74) is 0.622. The number of hydrogen-bond donors (Lipinski definition) is 1. The monoisotopic (exact) mass is 326 g/mol. The Bertz CT molecular complexity index is 446. The molecule has 0 radical (unpaired) electrons. The molecular formula is C16H23BrO2. The van der Waals surface area contributed by atoms with Gasteiger partial charge in [0.25, 0.3) is 0 Å². The van der Waals surface area contributed by atoms with E-state index in [0.717, 1.165) is 47.4 Å². The summed E-state index contributed by atoms with van der Waals surface area (Å²) in [5, 5.41) is 10.8. The van der Waals surface area contributed by atoms with Gasteiger partial charge in [0, 0.05) is 6.42 Å². The van der Waals surface area contributed by atoms with Crippen LogP contribution in [0.2, 0.25) is 0 Å². The standard InChI is InChI=1S/C16H23BrO2/c1-11-6-7-16(18,9-12(11)2)10-13-4-5-15(19-3)14(17)8-13/h4-5,8,11-12,18H,6-7,9-10H2,1-3H3. The second-order valence-corrected chi connectivity index (χ2v) is 6.92. The summed E-state index contributed by atoms with van der Waals surface area (Å²) in [6, 6.07) is 6.06. The van der Waals surface area contributed by atoms with Crippen molar-refractivity contribution in [1.29, 1.82) is 0 Å². The minimum Gasteiger partial charge on any atom is -0.496 e. The molecule has 1 saturated carbocycles. The second-order valence-electron chi connectivity index (χ2n) is 6.07. The molecule has 1 aromatic carbocycles. The van der Waals surface area contributed by atoms with Crippen molar-refractivity contribution in [3.8, 4) is 5.75 Å². The van der Waals surface area contributed by atoms with Gasteiger partial charge in [-0.05, 0) is 64.7 Å². The molecule has 2 nitrogen and oxygen atoms in total. The van der Waals surface area contributed by atoms with E-state index >= 15 is 0 Å². The van der Waals surface area contributed by atoms with E-state index in [-0.39, 0.29) is 0 Å². The third-order valence-electron chi connectivity index (χ3n) is 4.49. The molecule has 1 fully saturated rings. The highest BCUT2D eigenvalue weighted by Gasteiger charge is 2.35. The highest BCUT2D eigenvalue weighted by atomic mass is 79.9. The van der Waals surface area contributed by atoms with Gasteiger partial charge >= 0.3 is 0 Å². The van der Waals surface area contributed by atoms with Gasteiger partial charge in [-0.15, -0.1) is 0 Å². The molecule has 106 valence electrons. The van der Waals surface area contributed by atoms with Gasteiger partial charge in [-0.1, -0.05) is 19.9 Å². The van der Waals surface area contributed by atoms with E-state index in [0.29, 0.717) is 5.92 Å². The van der Waals surface area contributed by atoms with Crippen LogP contribution in [0.5, 0.6) is 5.75 Å². The largest absolute Gasteiger partial charge is 0.496 e. The van der Waals surface area contributed by atoms with Crippen molar-refractivity contribution in [1.82, 2.24) is 0 Å². The Labute approximate surface area is 124 Å². The average molecular weight is 327 g/mol. The first kappa shape index (κ1) is 14.9. The predicted molar refractivity (Wildman–Crippen MR) is 81.5 cm³/mol. The van der Waals surface area contributed by atoms with E-state index in [1.165, 1.54) is 0 Å². The van der Waals surface area contributed by atoms with Gasteiger partial charge in [-0.3, -0.25) is 0 Å². The maximum atomic E-state index is 10.8. The normalized spacial score (nSPS) is 31.2. The van der Waals surface area contributed by atoms with Crippen molar-refractivity contribution in [2.75, 3.05) is 7.11 Å². The molecule has 1 N–H and O–H groups in total. The highest BCUT2D eigenvalue weighted by molar-refractivity contribution is 9.10. The highest BCUT2D eigenvalue weighted by Crippen LogP contribution is 2.38. The number of halogens is 1. The van der Waals surface area contributed by atoms with Crippen LogP contribution in [-0.2, 0) is 6.42 Å². The average Bonchev–Trinajstić information content (AvgIpc) is 2.34. The van der Waals surface area contributed by atoms with Crippen molar-refractivity contribution in [3.63, 3.8) is 0 Å². The third-order valence-corrected chi connectivity index (χ3v) is 5.11. The first-order chi connectivity index (χ1) is 8.93. The number of hydrogen-bond acceptors (Lipinski definition) is 2. The lowest BCUT2D eigenvalue weighted by Crippen LogP contribution is -2.39. The fraction of sp³-hybridized carbons (Fsp3) is 0.625. The van der Waals surface area contributed by atoms with Crippen LogP contribution in [0.15, 0.2) is 22.7 Å². The Morgan fingerprint density at radius 3 is 2.68 bits per heavy atom. The minimum atomic E-state index is -0.542. The lowest BCUT2D eigenvalue weighted by atomic mass is 9.71. The summed E-state index contributed by atoms with van der Waals surface area (Å²) >= 11 is 3.50. The Morgan fingerprint density at radius 2 is 2.11 bits per heavy atom. The Kier molecular flexibility index (Phi) is 4.57. The molecule has 0 heterocycles. The van der Waals surface area contributed by atoms with Gasteiger partial charge in [-0.2, -0.15) is 0 Å². The van der Waals surface area contributed by atoms with E-state index in [9.17, 15) is 5.11 Å². The minimum absolute atomic E-state index is 0.542. The number of aliphatic hydroxyl groups is 1. The zero-order chi connectivity index (χ0) is 14.0. The van der Waals surface area contributed by atoms with E-state index in [1.807, 2.05) is 12.1 Å². The van der Waals surface area contributed by atoms with Crippen molar-refractivity contribution in [2.24, 2.45) is 11.8 Å². The molecule has 0 amide bonds. The summed E-state index contributed by atoms with van der Waals surface area (Å²) in [5.74, 6) is 2.16. The van der Waals surface area contributed by atoms with Crippen LogP contribution in [0.25, 0.3) is 0 Å². The number of benzene rings is 1. The molecule has 3 heteroatoms. The van der Waals surface area contributed by atoms with Gasteiger partial charge < -0.3 is 9.84 Å². The van der Waals surface area contributed by atoms with Crippen LogP contribution < -0.4 is 4.74 Å². The molecule has 0 bridgehead atoms. The number of ether oxygens (including phenoxy) is 1. The first-order valence-electron chi connectivity index (χ1n) is 6.98. The summed E-state index contributed by atoms with van der Waals surface area (Å²) in [6.45, 7) is 4.53. The van der Waals surface area contributed by atoms with Crippen LogP contribution in [0, 0.1) is 11.8 Å². The number of rotatable bonds is 3. The van der Waals surface area contributed by atoms with Gasteiger partial charge in [-0.25, -0.2) is 0 Å². The zero-order valence-electron chi connectivity index (χ0n) is 11.9. The van der Waals surface area contributed by atoms with E-state index < -0.39 is 5.60 Å². The van der Waals surface area contributed by atoms with Crippen LogP contribution in [0.1, 0.15) is 38.7 Å². The van der Waals surface area contributed by atoms with Gasteiger partial charge in [0.05, 0.1) is 17.2 Å². The van der Waals surface area contributed by atoms with E-state index in [1.54, 1.807) is 7.11 Å². The topological polar surface area (TPSA) is 29.5 Å². The molecule has 0 saturated heterocycles. The van der Waals surface area contributed by atoms with E-state index in [4.69, 9.17) is 4.74 Å². The molecule has 3 atom stereocenters. The smallest absolute Gasteiger partial charge is 0.133 e. The summed E-state index contributed by atoms with van der Waals surface area (Å²) in [4.78, 5) is 0. The fourth-order valence-corrected chi connectivity index (χ4v) is 3.63. The Balaban J connectivity index is 2.10. The third kappa shape index (κ3) is 3.51. The molecule has 1 aliphatic carbocycles. The van der Waals surface area contributed by atoms with Crippen LogP contribution >= 0.6 is 15.9 Å². The molecule has 2 rings (SSSR count). The Hall–Kier alpha value is -0.540. The van der Waals surface area contributed by atoms with Crippen molar-refractivity contribution in [3.05, 3.63) is 28.2 Å². The molecule has 19 heavy (non-hydrogen) atoms. The van der Waals surface area contributed by atoms with Gasteiger partial charge in [0.2, 0.25) is 0 Å².